The number of nitrogens with zero attached hydrogens (tertiary/aromatic N) is 1. The lowest BCUT2D eigenvalue weighted by Crippen LogP contribution is -2.20. The maximum absolute atomic E-state index is 11.9. The normalized spacial score (nSPS) is 11.4. The number of anilines is 2. The third-order valence-electron chi connectivity index (χ3n) is 2.80. The van der Waals surface area contributed by atoms with Crippen LogP contribution in [0.3, 0.4) is 0 Å². The Bertz CT molecular complexity index is 513. The molecule has 0 aliphatic heterocycles. The van der Waals surface area contributed by atoms with Crippen molar-refractivity contribution in [2.24, 2.45) is 0 Å². The van der Waals surface area contributed by atoms with Crippen molar-refractivity contribution in [3.63, 3.8) is 0 Å². The largest absolute Gasteiger partial charge is 0.377 e. The molecule has 0 aliphatic rings. The fourth-order valence-electron chi connectivity index (χ4n) is 1.82. The highest BCUT2D eigenvalue weighted by Crippen LogP contribution is 2.23. The van der Waals surface area contributed by atoms with E-state index in [1.807, 2.05) is 45.1 Å². The van der Waals surface area contributed by atoms with E-state index in [-0.39, 0.29) is 5.75 Å². The molecule has 0 atom stereocenters. The van der Waals surface area contributed by atoms with Crippen molar-refractivity contribution in [2.45, 2.75) is 13.3 Å². The Morgan fingerprint density at radius 1 is 1.26 bits per heavy atom. The molecule has 0 unspecified atom stereocenters. The lowest BCUT2D eigenvalue weighted by molar-refractivity contribution is 0.597. The second kappa shape index (κ2) is 6.77. The molecule has 19 heavy (non-hydrogen) atoms. The molecule has 2 N–H and O–H groups in total. The van der Waals surface area contributed by atoms with Crippen LogP contribution < -0.4 is 14.9 Å². The van der Waals surface area contributed by atoms with Crippen LogP contribution in [0.25, 0.3) is 0 Å². The van der Waals surface area contributed by atoms with Gasteiger partial charge in [-0.1, -0.05) is 6.07 Å². The molecule has 0 aliphatic carbocycles. The molecule has 0 bridgehead atoms. The summed E-state index contributed by atoms with van der Waals surface area (Å²) in [7, 11) is 2.41. The molecule has 0 spiro atoms. The maximum atomic E-state index is 11.9. The van der Waals surface area contributed by atoms with Crippen molar-refractivity contribution >= 4 is 21.4 Å². The average Bonchev–Trinajstić information content (AvgIpc) is 2.31. The minimum atomic E-state index is -3.27. The molecule has 0 amide bonds. The average molecular weight is 285 g/mol. The minimum absolute atomic E-state index is 0.124. The fourth-order valence-corrected chi connectivity index (χ4v) is 2.94. The van der Waals surface area contributed by atoms with Gasteiger partial charge < -0.3 is 10.2 Å². The summed E-state index contributed by atoms with van der Waals surface area (Å²) < 4.78 is 26.4. The Labute approximate surface area is 116 Å². The highest BCUT2D eigenvalue weighted by Gasteiger charge is 2.11. The smallest absolute Gasteiger partial charge is 0.232 e. The Hall–Kier alpha value is -1.27. The number of hydrogen-bond donors (Lipinski definition) is 2. The van der Waals surface area contributed by atoms with Gasteiger partial charge >= 0.3 is 0 Å². The van der Waals surface area contributed by atoms with E-state index in [4.69, 9.17) is 0 Å². The van der Waals surface area contributed by atoms with Crippen molar-refractivity contribution in [3.05, 3.63) is 23.8 Å². The van der Waals surface area contributed by atoms with E-state index in [2.05, 4.69) is 10.0 Å². The van der Waals surface area contributed by atoms with Crippen molar-refractivity contribution in [1.82, 2.24) is 5.32 Å². The lowest BCUT2D eigenvalue weighted by Gasteiger charge is -2.17. The quantitative estimate of drug-likeness (QED) is 0.744. The zero-order valence-corrected chi connectivity index (χ0v) is 12.8. The minimum Gasteiger partial charge on any atom is -0.377 e. The molecule has 0 heterocycles. The molecular weight excluding hydrogens is 262 g/mol. The monoisotopic (exact) mass is 285 g/mol. The molecule has 0 saturated carbocycles. The first kappa shape index (κ1) is 15.8. The van der Waals surface area contributed by atoms with Gasteiger partial charge in [0, 0.05) is 19.8 Å². The predicted octanol–water partition coefficient (Wildman–Crippen LogP) is 1.41. The molecular formula is C13H23N3O2S. The molecule has 0 fully saturated rings. The topological polar surface area (TPSA) is 61.4 Å². The Balaban J connectivity index is 2.79. The van der Waals surface area contributed by atoms with Crippen molar-refractivity contribution in [2.75, 3.05) is 43.1 Å². The van der Waals surface area contributed by atoms with Crippen LogP contribution in [0.1, 0.15) is 12.0 Å². The molecule has 1 aromatic carbocycles. The number of hydrogen-bond acceptors (Lipinski definition) is 4. The highest BCUT2D eigenvalue weighted by atomic mass is 32.2. The first-order valence-corrected chi connectivity index (χ1v) is 7.94. The van der Waals surface area contributed by atoms with Crippen LogP contribution in [-0.2, 0) is 10.0 Å². The van der Waals surface area contributed by atoms with Gasteiger partial charge in [0.15, 0.2) is 0 Å². The molecule has 6 heteroatoms. The summed E-state index contributed by atoms with van der Waals surface area (Å²) in [6.45, 7) is 2.69. The molecule has 0 aromatic heterocycles. The van der Waals surface area contributed by atoms with Gasteiger partial charge in [0.1, 0.15) is 0 Å². The van der Waals surface area contributed by atoms with Crippen LogP contribution in [0.4, 0.5) is 11.4 Å². The number of benzene rings is 1. The molecule has 0 saturated heterocycles. The van der Waals surface area contributed by atoms with Crippen LogP contribution >= 0.6 is 0 Å². The zero-order chi connectivity index (χ0) is 14.5. The first-order valence-electron chi connectivity index (χ1n) is 6.29. The third-order valence-corrected chi connectivity index (χ3v) is 4.18. The van der Waals surface area contributed by atoms with Gasteiger partial charge in [-0.05, 0) is 44.6 Å². The van der Waals surface area contributed by atoms with E-state index >= 15 is 0 Å². The molecule has 1 rings (SSSR count). The summed E-state index contributed by atoms with van der Waals surface area (Å²) in [5.74, 6) is 0.124. The van der Waals surface area contributed by atoms with E-state index in [9.17, 15) is 8.42 Å². The first-order chi connectivity index (χ1) is 8.85. The highest BCUT2D eigenvalue weighted by molar-refractivity contribution is 7.92. The summed E-state index contributed by atoms with van der Waals surface area (Å²) >= 11 is 0. The van der Waals surface area contributed by atoms with Crippen LogP contribution in [-0.4, -0.2) is 41.9 Å². The van der Waals surface area contributed by atoms with Crippen LogP contribution in [0.5, 0.6) is 0 Å². The number of sulfonamides is 1. The molecule has 108 valence electrons. The van der Waals surface area contributed by atoms with Crippen LogP contribution in [0, 0.1) is 6.92 Å². The van der Waals surface area contributed by atoms with Gasteiger partial charge in [0.05, 0.1) is 11.4 Å². The standard InChI is InChI=1S/C13H23N3O2S/c1-11-6-7-12(10-13(11)16(3)4)15-19(17,18)9-5-8-14-2/h6-7,10,14-15H,5,8-9H2,1-4H3. The summed E-state index contributed by atoms with van der Waals surface area (Å²) in [6.07, 6.45) is 0.595. The number of rotatable bonds is 7. The van der Waals surface area contributed by atoms with Gasteiger partial charge in [0.25, 0.3) is 0 Å². The molecule has 1 aromatic rings. The zero-order valence-electron chi connectivity index (χ0n) is 12.0. The van der Waals surface area contributed by atoms with E-state index in [0.29, 0.717) is 18.7 Å². The van der Waals surface area contributed by atoms with Crippen molar-refractivity contribution < 1.29 is 8.42 Å². The van der Waals surface area contributed by atoms with Crippen molar-refractivity contribution in [3.8, 4) is 0 Å². The van der Waals surface area contributed by atoms with Gasteiger partial charge in [-0.2, -0.15) is 0 Å². The summed E-state index contributed by atoms with van der Waals surface area (Å²) in [4.78, 5) is 1.97. The fraction of sp³-hybridized carbons (Fsp3) is 0.538. The number of aryl methyl sites for hydroxylation is 1. The Kier molecular flexibility index (Phi) is 5.62. The van der Waals surface area contributed by atoms with Gasteiger partial charge in [-0.3, -0.25) is 4.72 Å². The second-order valence-corrected chi connectivity index (χ2v) is 6.62. The maximum Gasteiger partial charge on any atom is 0.232 e. The van der Waals surface area contributed by atoms with Gasteiger partial charge in [-0.25, -0.2) is 8.42 Å². The SMILES string of the molecule is CNCCCS(=O)(=O)Nc1ccc(C)c(N(C)C)c1. The molecule has 0 radical (unpaired) electrons. The summed E-state index contributed by atoms with van der Waals surface area (Å²) in [5, 5.41) is 2.94. The van der Waals surface area contributed by atoms with E-state index in [0.717, 1.165) is 11.3 Å². The Morgan fingerprint density at radius 3 is 2.53 bits per heavy atom. The van der Waals surface area contributed by atoms with Crippen LogP contribution in [0.15, 0.2) is 18.2 Å². The van der Waals surface area contributed by atoms with Crippen LogP contribution in [0.2, 0.25) is 0 Å². The third kappa shape index (κ3) is 5.08. The van der Waals surface area contributed by atoms with Gasteiger partial charge in [-0.15, -0.1) is 0 Å². The second-order valence-electron chi connectivity index (χ2n) is 4.77. The van der Waals surface area contributed by atoms with Gasteiger partial charge in [0.2, 0.25) is 10.0 Å². The molecule has 5 nitrogen and oxygen atoms in total. The lowest BCUT2D eigenvalue weighted by atomic mass is 10.2. The van der Waals surface area contributed by atoms with E-state index < -0.39 is 10.0 Å². The predicted molar refractivity (Wildman–Crippen MR) is 81.5 cm³/mol. The summed E-state index contributed by atoms with van der Waals surface area (Å²) in [5.41, 5.74) is 2.73. The van der Waals surface area contributed by atoms with E-state index in [1.54, 1.807) is 6.07 Å². The van der Waals surface area contributed by atoms with E-state index in [1.165, 1.54) is 0 Å². The Morgan fingerprint density at radius 2 is 1.95 bits per heavy atom. The summed E-state index contributed by atoms with van der Waals surface area (Å²) in [6, 6.07) is 5.56. The number of nitrogens with one attached hydrogen (secondary N) is 2. The van der Waals surface area contributed by atoms with Crippen molar-refractivity contribution in [1.29, 1.82) is 0 Å².